The van der Waals surface area contributed by atoms with Gasteiger partial charge >= 0.3 is 0 Å². The van der Waals surface area contributed by atoms with E-state index in [1.54, 1.807) is 0 Å². The number of pyridine rings is 1. The summed E-state index contributed by atoms with van der Waals surface area (Å²) in [5, 5.41) is 0. The number of aromatic nitrogens is 1. The molecular weight excluding hydrogens is 603 g/mol. The van der Waals surface area contributed by atoms with E-state index in [0.29, 0.717) is 0 Å². The second kappa shape index (κ2) is 10.1. The van der Waals surface area contributed by atoms with Crippen molar-refractivity contribution in [3.05, 3.63) is 233 Å². The summed E-state index contributed by atoms with van der Waals surface area (Å²) in [6.07, 6.45) is 1.85. The molecule has 11 rings (SSSR count). The van der Waals surface area contributed by atoms with Crippen LogP contribution in [0, 0.1) is 0 Å². The van der Waals surface area contributed by atoms with Crippen molar-refractivity contribution in [1.29, 1.82) is 0 Å². The molecular formula is C49H31N. The highest BCUT2D eigenvalue weighted by atomic mass is 14.7. The molecule has 3 aliphatic carbocycles. The fraction of sp³-hybridized carbons (Fsp3) is 0.0408. The zero-order valence-corrected chi connectivity index (χ0v) is 27.3. The molecule has 1 heterocycles. The third-order valence-electron chi connectivity index (χ3n) is 11.6. The quantitative estimate of drug-likeness (QED) is 0.185. The fourth-order valence-corrected chi connectivity index (χ4v) is 9.79. The first-order valence-electron chi connectivity index (χ1n) is 17.5. The van der Waals surface area contributed by atoms with Crippen LogP contribution in [-0.2, 0) is 10.8 Å². The summed E-state index contributed by atoms with van der Waals surface area (Å²) in [5.74, 6) is 0. The highest BCUT2D eigenvalue weighted by molar-refractivity contribution is 5.94. The largest absolute Gasteiger partial charge is 0.256 e. The van der Waals surface area contributed by atoms with Crippen LogP contribution in [0.2, 0.25) is 0 Å². The predicted molar refractivity (Wildman–Crippen MR) is 203 cm³/mol. The van der Waals surface area contributed by atoms with E-state index in [0.717, 1.165) is 11.3 Å². The fourth-order valence-electron chi connectivity index (χ4n) is 9.79. The highest BCUT2D eigenvalue weighted by Gasteiger charge is 2.58. The van der Waals surface area contributed by atoms with E-state index >= 15 is 0 Å². The van der Waals surface area contributed by atoms with Crippen LogP contribution in [0.4, 0.5) is 0 Å². The first kappa shape index (κ1) is 27.6. The maximum Gasteiger partial charge on any atom is 0.0720 e. The Morgan fingerprint density at radius 3 is 1.14 bits per heavy atom. The molecule has 50 heavy (non-hydrogen) atoms. The van der Waals surface area contributed by atoms with E-state index in [1.165, 1.54) is 77.9 Å². The van der Waals surface area contributed by atoms with Gasteiger partial charge in [-0.25, -0.2) is 0 Å². The molecule has 0 saturated heterocycles. The molecule has 0 atom stereocenters. The number of benzene rings is 7. The average Bonchev–Trinajstić information content (AvgIpc) is 3.66. The second-order valence-electron chi connectivity index (χ2n) is 13.8. The van der Waals surface area contributed by atoms with Gasteiger partial charge < -0.3 is 0 Å². The molecule has 1 aromatic heterocycles. The Hall–Kier alpha value is -6.31. The van der Waals surface area contributed by atoms with Crippen molar-refractivity contribution in [2.75, 3.05) is 0 Å². The normalized spacial score (nSPS) is 14.7. The third-order valence-corrected chi connectivity index (χ3v) is 11.6. The van der Waals surface area contributed by atoms with Crippen molar-refractivity contribution in [1.82, 2.24) is 4.98 Å². The van der Waals surface area contributed by atoms with Gasteiger partial charge in [-0.1, -0.05) is 164 Å². The van der Waals surface area contributed by atoms with E-state index in [9.17, 15) is 0 Å². The molecule has 0 saturated carbocycles. The molecule has 1 heteroatoms. The van der Waals surface area contributed by atoms with E-state index in [1.807, 2.05) is 18.3 Å². The Morgan fingerprint density at radius 2 is 0.660 bits per heavy atom. The van der Waals surface area contributed by atoms with E-state index in [-0.39, 0.29) is 0 Å². The van der Waals surface area contributed by atoms with Gasteiger partial charge in [0.2, 0.25) is 0 Å². The van der Waals surface area contributed by atoms with Crippen LogP contribution < -0.4 is 0 Å². The minimum Gasteiger partial charge on any atom is -0.256 e. The molecule has 3 aliphatic rings. The highest BCUT2D eigenvalue weighted by Crippen LogP contribution is 2.67. The van der Waals surface area contributed by atoms with Crippen molar-refractivity contribution in [2.24, 2.45) is 0 Å². The predicted octanol–water partition coefficient (Wildman–Crippen LogP) is 11.5. The molecule has 0 amide bonds. The molecule has 8 aromatic rings. The van der Waals surface area contributed by atoms with Gasteiger partial charge in [-0.3, -0.25) is 4.98 Å². The lowest BCUT2D eigenvalue weighted by Gasteiger charge is -2.48. The molecule has 0 unspecified atom stereocenters. The Kier molecular flexibility index (Phi) is 5.58. The maximum absolute atomic E-state index is 4.58. The molecule has 0 radical (unpaired) electrons. The van der Waals surface area contributed by atoms with Crippen LogP contribution in [0.1, 0.15) is 44.5 Å². The van der Waals surface area contributed by atoms with Gasteiger partial charge in [-0.15, -0.1) is 0 Å². The summed E-state index contributed by atoms with van der Waals surface area (Å²) < 4.78 is 0. The van der Waals surface area contributed by atoms with Crippen molar-refractivity contribution >= 4 is 0 Å². The topological polar surface area (TPSA) is 12.9 Å². The number of fused-ring (bicyclic) bond motifs is 16. The minimum absolute atomic E-state index is 0.428. The SMILES string of the molecule is c1ccc(-c2ccc(-c3ccc4c(c3)C3(c5ccccc5-4)c4ccccc4C4(c5ccccc5-c5ccccc54)c4ccccc43)cc2)nc1. The first-order valence-corrected chi connectivity index (χ1v) is 17.5. The summed E-state index contributed by atoms with van der Waals surface area (Å²) in [6.45, 7) is 0. The molecule has 0 bridgehead atoms. The van der Waals surface area contributed by atoms with E-state index < -0.39 is 10.8 Å². The minimum atomic E-state index is -0.485. The van der Waals surface area contributed by atoms with Gasteiger partial charge in [-0.2, -0.15) is 0 Å². The average molecular weight is 634 g/mol. The summed E-state index contributed by atoms with van der Waals surface area (Å²) in [7, 11) is 0. The summed E-state index contributed by atoms with van der Waals surface area (Å²) in [4.78, 5) is 4.58. The number of rotatable bonds is 2. The van der Waals surface area contributed by atoms with Gasteiger partial charge in [0.25, 0.3) is 0 Å². The zero-order chi connectivity index (χ0) is 32.9. The Balaban J connectivity index is 1.22. The molecule has 0 aliphatic heterocycles. The lowest BCUT2D eigenvalue weighted by molar-refractivity contribution is 0.633. The smallest absolute Gasteiger partial charge is 0.0720 e. The summed E-state index contributed by atoms with van der Waals surface area (Å²) in [5.41, 5.74) is 19.8. The lowest BCUT2D eigenvalue weighted by atomic mass is 9.52. The van der Waals surface area contributed by atoms with Crippen molar-refractivity contribution in [3.63, 3.8) is 0 Å². The molecule has 232 valence electrons. The summed E-state index contributed by atoms with van der Waals surface area (Å²) in [6, 6.07) is 68.0. The number of hydrogen-bond acceptors (Lipinski definition) is 1. The maximum atomic E-state index is 4.58. The van der Waals surface area contributed by atoms with Gasteiger partial charge in [0.05, 0.1) is 16.5 Å². The zero-order valence-electron chi connectivity index (χ0n) is 27.3. The molecule has 0 fully saturated rings. The second-order valence-corrected chi connectivity index (χ2v) is 13.8. The van der Waals surface area contributed by atoms with Crippen molar-refractivity contribution in [2.45, 2.75) is 10.8 Å². The van der Waals surface area contributed by atoms with E-state index in [2.05, 4.69) is 175 Å². The molecule has 2 spiro atoms. The van der Waals surface area contributed by atoms with Crippen LogP contribution >= 0.6 is 0 Å². The number of nitrogens with zero attached hydrogens (tertiary/aromatic N) is 1. The van der Waals surface area contributed by atoms with Crippen LogP contribution in [0.15, 0.2) is 188 Å². The standard InChI is InChI=1S/C49H31N/c1-4-16-39-35(13-1)36-14-2-5-17-40(36)48(39)42-19-7-9-21-44(42)49(45-22-10-8-20-43(45)48)41-18-6-3-15-37(41)38-29-28-34(31-46(38)49)32-24-26-33(27-25-32)47-23-11-12-30-50-47/h1-31H. The van der Waals surface area contributed by atoms with E-state index in [4.69, 9.17) is 0 Å². The molecule has 7 aromatic carbocycles. The lowest BCUT2D eigenvalue weighted by Crippen LogP contribution is -2.43. The van der Waals surface area contributed by atoms with Crippen molar-refractivity contribution in [3.8, 4) is 44.6 Å². The van der Waals surface area contributed by atoms with Crippen LogP contribution in [0.25, 0.3) is 44.6 Å². The monoisotopic (exact) mass is 633 g/mol. The summed E-state index contributed by atoms with van der Waals surface area (Å²) >= 11 is 0. The first-order chi connectivity index (χ1) is 24.8. The number of hydrogen-bond donors (Lipinski definition) is 0. The Morgan fingerprint density at radius 1 is 0.280 bits per heavy atom. The van der Waals surface area contributed by atoms with Crippen LogP contribution in [0.5, 0.6) is 0 Å². The van der Waals surface area contributed by atoms with Gasteiger partial charge in [0.15, 0.2) is 0 Å². The Labute approximate surface area is 292 Å². The Bertz CT molecular complexity index is 2550. The molecule has 0 N–H and O–H groups in total. The van der Waals surface area contributed by atoms with Crippen LogP contribution in [0.3, 0.4) is 0 Å². The van der Waals surface area contributed by atoms with Gasteiger partial charge in [0.1, 0.15) is 0 Å². The molecule has 1 nitrogen and oxygen atoms in total. The van der Waals surface area contributed by atoms with Crippen molar-refractivity contribution < 1.29 is 0 Å². The van der Waals surface area contributed by atoms with Crippen LogP contribution in [-0.4, -0.2) is 4.98 Å². The third kappa shape index (κ3) is 3.34. The van der Waals surface area contributed by atoms with Gasteiger partial charge in [0, 0.05) is 11.8 Å². The van der Waals surface area contributed by atoms with Gasteiger partial charge in [-0.05, 0) is 96.1 Å².